The van der Waals surface area contributed by atoms with Crippen molar-refractivity contribution in [3.8, 4) is 11.5 Å². The van der Waals surface area contributed by atoms with E-state index in [1.807, 2.05) is 0 Å². The van der Waals surface area contributed by atoms with Crippen molar-refractivity contribution in [3.05, 3.63) is 56.5 Å². The number of carbonyl (C=O) groups is 2. The van der Waals surface area contributed by atoms with Gasteiger partial charge in [-0.2, -0.15) is 0 Å². The van der Waals surface area contributed by atoms with E-state index >= 15 is 0 Å². The molecule has 2 atom stereocenters. The molecule has 0 heterocycles. The van der Waals surface area contributed by atoms with Crippen LogP contribution in [0.3, 0.4) is 0 Å². The van der Waals surface area contributed by atoms with Crippen molar-refractivity contribution in [3.63, 3.8) is 0 Å². The third-order valence-corrected chi connectivity index (χ3v) is 6.47. The Labute approximate surface area is 193 Å². The van der Waals surface area contributed by atoms with Crippen molar-refractivity contribution in [1.29, 1.82) is 0 Å². The van der Waals surface area contributed by atoms with E-state index in [1.165, 1.54) is 0 Å². The maximum Gasteiger partial charge on any atom is 0.251 e. The van der Waals surface area contributed by atoms with Gasteiger partial charge in [-0.05, 0) is 81.1 Å². The lowest BCUT2D eigenvalue weighted by Crippen LogP contribution is -2.53. The molecule has 0 aromatic heterocycles. The summed E-state index contributed by atoms with van der Waals surface area (Å²) in [7, 11) is 3.16. The highest BCUT2D eigenvalue weighted by molar-refractivity contribution is 9.10. The van der Waals surface area contributed by atoms with Crippen molar-refractivity contribution in [2.45, 2.75) is 37.8 Å². The first-order valence-electron chi connectivity index (χ1n) is 9.71. The molecule has 2 unspecified atom stereocenters. The fourth-order valence-electron chi connectivity index (χ4n) is 3.60. The molecule has 1 aliphatic rings. The largest absolute Gasteiger partial charge is 0.496 e. The number of ether oxygens (including phenoxy) is 2. The molecule has 30 heavy (non-hydrogen) atoms. The van der Waals surface area contributed by atoms with Gasteiger partial charge in [0.1, 0.15) is 11.5 Å². The fraction of sp³-hybridized carbons (Fsp3) is 0.364. The molecule has 2 N–H and O–H groups in total. The van der Waals surface area contributed by atoms with Crippen LogP contribution in [-0.4, -0.2) is 38.1 Å². The minimum absolute atomic E-state index is 0.127. The molecule has 0 bridgehead atoms. The summed E-state index contributed by atoms with van der Waals surface area (Å²) in [6.45, 7) is 0. The average Bonchev–Trinajstić information content (AvgIpc) is 2.74. The summed E-state index contributed by atoms with van der Waals surface area (Å²) in [6.07, 6.45) is 3.66. The first kappa shape index (κ1) is 22.6. The van der Waals surface area contributed by atoms with Crippen LogP contribution >= 0.6 is 31.9 Å². The Morgan fingerprint density at radius 3 is 1.53 bits per heavy atom. The highest BCUT2D eigenvalue weighted by atomic mass is 79.9. The number of methoxy groups -OCH3 is 2. The third-order valence-electron chi connectivity index (χ3n) is 5.23. The molecule has 1 saturated carbocycles. The van der Waals surface area contributed by atoms with Crippen LogP contribution in [0.1, 0.15) is 46.4 Å². The lowest BCUT2D eigenvalue weighted by molar-refractivity contribution is 0.0862. The second-order valence-corrected chi connectivity index (χ2v) is 8.85. The van der Waals surface area contributed by atoms with Crippen molar-refractivity contribution in [1.82, 2.24) is 10.6 Å². The van der Waals surface area contributed by atoms with Gasteiger partial charge in [0.25, 0.3) is 11.8 Å². The summed E-state index contributed by atoms with van der Waals surface area (Å²) < 4.78 is 11.9. The van der Waals surface area contributed by atoms with Crippen LogP contribution in [0.2, 0.25) is 0 Å². The Morgan fingerprint density at radius 1 is 0.800 bits per heavy atom. The van der Waals surface area contributed by atoms with E-state index in [0.717, 1.165) is 34.6 Å². The van der Waals surface area contributed by atoms with E-state index in [2.05, 4.69) is 42.5 Å². The van der Waals surface area contributed by atoms with Gasteiger partial charge in [-0.3, -0.25) is 9.59 Å². The number of hydrogen-bond acceptors (Lipinski definition) is 4. The van der Waals surface area contributed by atoms with Gasteiger partial charge >= 0.3 is 0 Å². The normalized spacial score (nSPS) is 18.4. The minimum atomic E-state index is -0.170. The number of rotatable bonds is 6. The van der Waals surface area contributed by atoms with Crippen LogP contribution in [0.4, 0.5) is 0 Å². The van der Waals surface area contributed by atoms with Gasteiger partial charge in [0.15, 0.2) is 0 Å². The predicted molar refractivity (Wildman–Crippen MR) is 122 cm³/mol. The zero-order chi connectivity index (χ0) is 21.7. The molecule has 1 aliphatic carbocycles. The number of halogens is 2. The molecule has 6 nitrogen and oxygen atoms in total. The Hall–Kier alpha value is -2.06. The summed E-state index contributed by atoms with van der Waals surface area (Å²) >= 11 is 6.83. The highest BCUT2D eigenvalue weighted by Crippen LogP contribution is 2.27. The maximum absolute atomic E-state index is 12.8. The zero-order valence-electron chi connectivity index (χ0n) is 16.8. The third kappa shape index (κ3) is 5.35. The van der Waals surface area contributed by atoms with Gasteiger partial charge in [-0.25, -0.2) is 0 Å². The van der Waals surface area contributed by atoms with Crippen LogP contribution in [-0.2, 0) is 0 Å². The smallest absolute Gasteiger partial charge is 0.251 e. The van der Waals surface area contributed by atoms with Crippen LogP contribution < -0.4 is 20.1 Å². The molecule has 0 spiro atoms. The average molecular weight is 540 g/mol. The molecule has 1 fully saturated rings. The van der Waals surface area contributed by atoms with E-state index in [4.69, 9.17) is 9.47 Å². The predicted octanol–water partition coefficient (Wildman–Crippen LogP) is 4.70. The maximum atomic E-state index is 12.8. The number of hydrogen-bond donors (Lipinski definition) is 2. The van der Waals surface area contributed by atoms with Gasteiger partial charge in [0, 0.05) is 23.2 Å². The van der Waals surface area contributed by atoms with Gasteiger partial charge in [0.05, 0.1) is 23.2 Å². The second kappa shape index (κ2) is 10.3. The quantitative estimate of drug-likeness (QED) is 0.558. The number of carbonyl (C=O) groups excluding carboxylic acids is 2. The van der Waals surface area contributed by atoms with E-state index < -0.39 is 0 Å². The highest BCUT2D eigenvalue weighted by Gasteiger charge is 2.28. The summed E-state index contributed by atoms with van der Waals surface area (Å²) in [5.41, 5.74) is 1.08. The Morgan fingerprint density at radius 2 is 1.20 bits per heavy atom. The molecule has 2 aromatic carbocycles. The Kier molecular flexibility index (Phi) is 7.77. The standard InChI is InChI=1S/C22H24Br2N2O4/c1-29-19-9-7-13(11-15(19)23)21(27)25-17-5-3-4-6-18(17)26-22(28)14-8-10-20(30-2)16(24)12-14/h7-12,17-18H,3-6H2,1-2H3,(H,25,27)(H,26,28). The summed E-state index contributed by atoms with van der Waals surface area (Å²) in [4.78, 5) is 25.6. The molecule has 3 rings (SSSR count). The summed E-state index contributed by atoms with van der Waals surface area (Å²) in [6, 6.07) is 10.2. The topological polar surface area (TPSA) is 76.7 Å². The summed E-state index contributed by atoms with van der Waals surface area (Å²) in [5.74, 6) is 0.994. The van der Waals surface area contributed by atoms with Gasteiger partial charge in [-0.1, -0.05) is 12.8 Å². The minimum Gasteiger partial charge on any atom is -0.496 e. The Bertz CT molecular complexity index is 860. The molecule has 0 saturated heterocycles. The molecule has 2 amide bonds. The van der Waals surface area contributed by atoms with Crippen LogP contribution in [0, 0.1) is 0 Å². The lowest BCUT2D eigenvalue weighted by Gasteiger charge is -2.33. The Balaban J connectivity index is 1.68. The van der Waals surface area contributed by atoms with E-state index in [9.17, 15) is 9.59 Å². The van der Waals surface area contributed by atoms with Gasteiger partial charge in [-0.15, -0.1) is 0 Å². The molecule has 160 valence electrons. The van der Waals surface area contributed by atoms with E-state index in [1.54, 1.807) is 50.6 Å². The lowest BCUT2D eigenvalue weighted by atomic mass is 9.89. The summed E-state index contributed by atoms with van der Waals surface area (Å²) in [5, 5.41) is 6.18. The first-order valence-corrected chi connectivity index (χ1v) is 11.3. The van der Waals surface area contributed by atoms with Crippen molar-refractivity contribution in [2.75, 3.05) is 14.2 Å². The number of amides is 2. The molecule has 0 aliphatic heterocycles. The molecule has 8 heteroatoms. The van der Waals surface area contributed by atoms with Crippen molar-refractivity contribution in [2.24, 2.45) is 0 Å². The van der Waals surface area contributed by atoms with Crippen molar-refractivity contribution < 1.29 is 19.1 Å². The second-order valence-electron chi connectivity index (χ2n) is 7.14. The van der Waals surface area contributed by atoms with E-state index in [-0.39, 0.29) is 23.9 Å². The molecule has 2 aromatic rings. The number of nitrogens with one attached hydrogen (secondary N) is 2. The number of benzene rings is 2. The fourth-order valence-corrected chi connectivity index (χ4v) is 4.68. The molecular weight excluding hydrogens is 516 g/mol. The monoisotopic (exact) mass is 538 g/mol. The molecule has 0 radical (unpaired) electrons. The van der Waals surface area contributed by atoms with Crippen molar-refractivity contribution >= 4 is 43.7 Å². The van der Waals surface area contributed by atoms with Crippen LogP contribution in [0.25, 0.3) is 0 Å². The first-order chi connectivity index (χ1) is 14.4. The zero-order valence-corrected chi connectivity index (χ0v) is 20.0. The van der Waals surface area contributed by atoms with Gasteiger partial charge < -0.3 is 20.1 Å². The van der Waals surface area contributed by atoms with Crippen LogP contribution in [0.15, 0.2) is 45.3 Å². The van der Waals surface area contributed by atoms with Crippen LogP contribution in [0.5, 0.6) is 11.5 Å². The van der Waals surface area contributed by atoms with Gasteiger partial charge in [0.2, 0.25) is 0 Å². The SMILES string of the molecule is COc1ccc(C(=O)NC2CCCCC2NC(=O)c2ccc(OC)c(Br)c2)cc1Br. The molecular formula is C22H24Br2N2O4. The van der Waals surface area contributed by atoms with E-state index in [0.29, 0.717) is 22.6 Å².